The van der Waals surface area contributed by atoms with Crippen LogP contribution in [0.2, 0.25) is 0 Å². The third kappa shape index (κ3) is 3.42. The molecule has 146 valence electrons. The van der Waals surface area contributed by atoms with Gasteiger partial charge in [0.2, 0.25) is 0 Å². The van der Waals surface area contributed by atoms with E-state index in [-0.39, 0.29) is 11.8 Å². The van der Waals surface area contributed by atoms with Gasteiger partial charge in [-0.15, -0.1) is 0 Å². The van der Waals surface area contributed by atoms with Gasteiger partial charge in [-0.3, -0.25) is 19.4 Å². The van der Waals surface area contributed by atoms with E-state index < -0.39 is 0 Å². The van der Waals surface area contributed by atoms with Crippen LogP contribution in [0.5, 0.6) is 0 Å². The first-order valence-electron chi connectivity index (χ1n) is 10.1. The lowest BCUT2D eigenvalue weighted by Crippen LogP contribution is -2.49. The van der Waals surface area contributed by atoms with Crippen molar-refractivity contribution in [1.29, 1.82) is 0 Å². The molecule has 1 fully saturated rings. The van der Waals surface area contributed by atoms with Gasteiger partial charge in [0.15, 0.2) is 0 Å². The molecule has 4 rings (SSSR count). The molecule has 0 saturated carbocycles. The summed E-state index contributed by atoms with van der Waals surface area (Å²) in [4.78, 5) is 31.2. The molecule has 28 heavy (non-hydrogen) atoms. The molecule has 5 heteroatoms. The summed E-state index contributed by atoms with van der Waals surface area (Å²) in [6.45, 7) is 9.46. The molecular formula is C23H27N3O2. The maximum absolute atomic E-state index is 12.5. The summed E-state index contributed by atoms with van der Waals surface area (Å²) in [7, 11) is 0. The van der Waals surface area contributed by atoms with E-state index in [0.29, 0.717) is 23.6 Å². The van der Waals surface area contributed by atoms with Crippen LogP contribution in [0.25, 0.3) is 0 Å². The molecule has 2 aliphatic heterocycles. The molecule has 2 aliphatic rings. The molecule has 2 heterocycles. The zero-order valence-electron chi connectivity index (χ0n) is 16.6. The van der Waals surface area contributed by atoms with Crippen molar-refractivity contribution in [2.75, 3.05) is 44.2 Å². The van der Waals surface area contributed by atoms with Crippen LogP contribution in [0.3, 0.4) is 0 Å². The number of nitrogens with zero attached hydrogens (tertiary/aromatic N) is 3. The van der Waals surface area contributed by atoms with Gasteiger partial charge in [-0.1, -0.05) is 44.2 Å². The molecular weight excluding hydrogens is 350 g/mol. The first-order chi connectivity index (χ1) is 13.6. The molecule has 0 aliphatic carbocycles. The second-order valence-electron chi connectivity index (χ2n) is 7.85. The summed E-state index contributed by atoms with van der Waals surface area (Å²) in [5.74, 6) is 0.179. The Morgan fingerprint density at radius 2 is 1.36 bits per heavy atom. The van der Waals surface area contributed by atoms with Crippen molar-refractivity contribution in [2.45, 2.75) is 19.8 Å². The van der Waals surface area contributed by atoms with Gasteiger partial charge in [0.05, 0.1) is 11.1 Å². The molecule has 2 aromatic carbocycles. The highest BCUT2D eigenvalue weighted by Gasteiger charge is 2.35. The molecule has 0 radical (unpaired) electrons. The molecule has 0 bridgehead atoms. The second kappa shape index (κ2) is 7.76. The minimum atomic E-state index is -0.162. The SMILES string of the molecule is CC(C)c1ccccc1N1CCN(CCN2C(=O)c3ccccc3C2=O)CC1. The Balaban J connectivity index is 1.34. The quantitative estimate of drug-likeness (QED) is 0.751. The predicted octanol–water partition coefficient (Wildman–Crippen LogP) is 3.23. The highest BCUT2D eigenvalue weighted by Crippen LogP contribution is 2.28. The van der Waals surface area contributed by atoms with Crippen molar-refractivity contribution >= 4 is 17.5 Å². The Bertz CT molecular complexity index is 850. The maximum Gasteiger partial charge on any atom is 0.261 e. The maximum atomic E-state index is 12.5. The zero-order chi connectivity index (χ0) is 19.7. The van der Waals surface area contributed by atoms with Crippen LogP contribution in [-0.2, 0) is 0 Å². The predicted molar refractivity (Wildman–Crippen MR) is 111 cm³/mol. The molecule has 0 atom stereocenters. The lowest BCUT2D eigenvalue weighted by atomic mass is 10.00. The van der Waals surface area contributed by atoms with Crippen LogP contribution in [0.4, 0.5) is 5.69 Å². The van der Waals surface area contributed by atoms with E-state index in [4.69, 9.17) is 0 Å². The molecule has 0 aromatic heterocycles. The second-order valence-corrected chi connectivity index (χ2v) is 7.85. The molecule has 2 aromatic rings. The molecule has 0 unspecified atom stereocenters. The highest BCUT2D eigenvalue weighted by molar-refractivity contribution is 6.21. The zero-order valence-corrected chi connectivity index (χ0v) is 16.6. The van der Waals surface area contributed by atoms with Crippen LogP contribution >= 0.6 is 0 Å². The van der Waals surface area contributed by atoms with Crippen molar-refractivity contribution < 1.29 is 9.59 Å². The fourth-order valence-corrected chi connectivity index (χ4v) is 4.16. The van der Waals surface area contributed by atoms with E-state index in [0.717, 1.165) is 32.7 Å². The topological polar surface area (TPSA) is 43.9 Å². The van der Waals surface area contributed by atoms with E-state index in [1.54, 1.807) is 12.1 Å². The Morgan fingerprint density at radius 3 is 1.96 bits per heavy atom. The first kappa shape index (κ1) is 18.7. The number of piperazine rings is 1. The first-order valence-corrected chi connectivity index (χ1v) is 10.1. The van der Waals surface area contributed by atoms with Crippen molar-refractivity contribution in [2.24, 2.45) is 0 Å². The summed E-state index contributed by atoms with van der Waals surface area (Å²) in [5, 5.41) is 0. The molecule has 2 amide bonds. The Kier molecular flexibility index (Phi) is 5.18. The number of carbonyl (C=O) groups is 2. The fraction of sp³-hybridized carbons (Fsp3) is 0.391. The van der Waals surface area contributed by atoms with E-state index in [9.17, 15) is 9.59 Å². The largest absolute Gasteiger partial charge is 0.369 e. The molecule has 5 nitrogen and oxygen atoms in total. The average Bonchev–Trinajstić information content (AvgIpc) is 2.97. The Labute approximate surface area is 166 Å². The summed E-state index contributed by atoms with van der Waals surface area (Å²) in [6.07, 6.45) is 0. The van der Waals surface area contributed by atoms with Gasteiger partial charge in [0, 0.05) is 45.0 Å². The van der Waals surface area contributed by atoms with Crippen LogP contribution < -0.4 is 4.90 Å². The van der Waals surface area contributed by atoms with Crippen molar-refractivity contribution in [3.8, 4) is 0 Å². The molecule has 0 spiro atoms. The summed E-state index contributed by atoms with van der Waals surface area (Å²) < 4.78 is 0. The number of benzene rings is 2. The van der Waals surface area contributed by atoms with E-state index >= 15 is 0 Å². The summed E-state index contributed by atoms with van der Waals surface area (Å²) in [6, 6.07) is 15.7. The number of amides is 2. The number of rotatable bonds is 5. The average molecular weight is 377 g/mol. The Morgan fingerprint density at radius 1 is 0.786 bits per heavy atom. The fourth-order valence-electron chi connectivity index (χ4n) is 4.16. The van der Waals surface area contributed by atoms with Crippen LogP contribution in [0.1, 0.15) is 46.0 Å². The van der Waals surface area contributed by atoms with Crippen LogP contribution in [0.15, 0.2) is 48.5 Å². The van der Waals surface area contributed by atoms with Gasteiger partial charge in [-0.05, 0) is 29.7 Å². The number of carbonyl (C=O) groups excluding carboxylic acids is 2. The van der Waals surface area contributed by atoms with Crippen LogP contribution in [-0.4, -0.2) is 60.9 Å². The number of anilines is 1. The summed E-state index contributed by atoms with van der Waals surface area (Å²) >= 11 is 0. The van der Waals surface area contributed by atoms with Gasteiger partial charge < -0.3 is 4.90 Å². The van der Waals surface area contributed by atoms with Crippen molar-refractivity contribution in [3.05, 3.63) is 65.2 Å². The smallest absolute Gasteiger partial charge is 0.261 e. The minimum Gasteiger partial charge on any atom is -0.369 e. The number of fused-ring (bicyclic) bond motifs is 1. The monoisotopic (exact) mass is 377 g/mol. The van der Waals surface area contributed by atoms with E-state index in [2.05, 4.69) is 47.9 Å². The van der Waals surface area contributed by atoms with Gasteiger partial charge in [-0.25, -0.2) is 0 Å². The van der Waals surface area contributed by atoms with Gasteiger partial charge in [0.25, 0.3) is 11.8 Å². The molecule has 0 N–H and O–H groups in total. The third-order valence-electron chi connectivity index (χ3n) is 5.79. The number of para-hydroxylation sites is 1. The lowest BCUT2D eigenvalue weighted by Gasteiger charge is -2.37. The highest BCUT2D eigenvalue weighted by atomic mass is 16.2. The lowest BCUT2D eigenvalue weighted by molar-refractivity contribution is 0.0635. The van der Waals surface area contributed by atoms with Gasteiger partial charge in [0.1, 0.15) is 0 Å². The minimum absolute atomic E-state index is 0.162. The van der Waals surface area contributed by atoms with Crippen molar-refractivity contribution in [3.63, 3.8) is 0 Å². The van der Waals surface area contributed by atoms with Gasteiger partial charge >= 0.3 is 0 Å². The van der Waals surface area contributed by atoms with Crippen molar-refractivity contribution in [1.82, 2.24) is 9.80 Å². The number of imide groups is 1. The van der Waals surface area contributed by atoms with Gasteiger partial charge in [-0.2, -0.15) is 0 Å². The number of hydrogen-bond donors (Lipinski definition) is 0. The van der Waals surface area contributed by atoms with E-state index in [1.165, 1.54) is 16.2 Å². The number of hydrogen-bond acceptors (Lipinski definition) is 4. The van der Waals surface area contributed by atoms with Crippen LogP contribution in [0, 0.1) is 0 Å². The summed E-state index contributed by atoms with van der Waals surface area (Å²) in [5.41, 5.74) is 3.78. The van der Waals surface area contributed by atoms with E-state index in [1.807, 2.05) is 12.1 Å². The molecule has 1 saturated heterocycles. The Hall–Kier alpha value is -2.66. The standard InChI is InChI=1S/C23H27N3O2/c1-17(2)18-7-5-6-10-21(18)25-14-11-24(12-15-25)13-16-26-22(27)19-8-3-4-9-20(19)23(26)28/h3-10,17H,11-16H2,1-2H3. The third-order valence-corrected chi connectivity index (χ3v) is 5.79. The normalized spacial score (nSPS) is 17.5.